The van der Waals surface area contributed by atoms with Gasteiger partial charge in [-0.3, -0.25) is 4.79 Å². The quantitative estimate of drug-likeness (QED) is 0.885. The number of aromatic nitrogens is 1. The van der Waals surface area contributed by atoms with Gasteiger partial charge >= 0.3 is 0 Å². The smallest absolute Gasteiger partial charge is 0.273 e. The zero-order chi connectivity index (χ0) is 16.2. The summed E-state index contributed by atoms with van der Waals surface area (Å²) in [6, 6.07) is 7.11. The van der Waals surface area contributed by atoms with Gasteiger partial charge < -0.3 is 19.3 Å². The molecule has 0 atom stereocenters. The first-order valence-electron chi connectivity index (χ1n) is 7.86. The van der Waals surface area contributed by atoms with E-state index in [9.17, 15) is 4.79 Å². The molecule has 1 aromatic heterocycles. The summed E-state index contributed by atoms with van der Waals surface area (Å²) >= 11 is 0. The molecule has 0 unspecified atom stereocenters. The van der Waals surface area contributed by atoms with Crippen molar-refractivity contribution in [1.82, 2.24) is 10.5 Å². The summed E-state index contributed by atoms with van der Waals surface area (Å²) < 4.78 is 15.9. The minimum absolute atomic E-state index is 0.215. The highest BCUT2D eigenvalue weighted by atomic mass is 16.7. The number of carbonyl (C=O) groups excluding carboxylic acids is 1. The van der Waals surface area contributed by atoms with Crippen LogP contribution in [0.4, 0.5) is 0 Å². The van der Waals surface area contributed by atoms with E-state index >= 15 is 0 Å². The van der Waals surface area contributed by atoms with Crippen molar-refractivity contribution in [2.45, 2.75) is 26.7 Å². The second-order valence-corrected chi connectivity index (χ2v) is 5.54. The van der Waals surface area contributed by atoms with Crippen LogP contribution in [0.25, 0.3) is 11.3 Å². The molecule has 1 N–H and O–H groups in total. The van der Waals surface area contributed by atoms with E-state index in [4.69, 9.17) is 14.0 Å². The van der Waals surface area contributed by atoms with E-state index in [-0.39, 0.29) is 18.4 Å². The van der Waals surface area contributed by atoms with Crippen LogP contribution in [0.1, 0.15) is 37.2 Å². The molecule has 0 fully saturated rings. The Balaban J connectivity index is 1.69. The Morgan fingerprint density at radius 1 is 1.22 bits per heavy atom. The molecule has 1 aliphatic heterocycles. The maximum absolute atomic E-state index is 12.1. The summed E-state index contributed by atoms with van der Waals surface area (Å²) in [6.45, 7) is 5.11. The summed E-state index contributed by atoms with van der Waals surface area (Å²) in [4.78, 5) is 12.1. The minimum Gasteiger partial charge on any atom is -0.454 e. The van der Waals surface area contributed by atoms with Crippen LogP contribution in [-0.2, 0) is 0 Å². The minimum atomic E-state index is -0.215. The second-order valence-electron chi connectivity index (χ2n) is 5.54. The van der Waals surface area contributed by atoms with Gasteiger partial charge in [0.2, 0.25) is 6.79 Å². The molecule has 0 aliphatic carbocycles. The van der Waals surface area contributed by atoms with Crippen molar-refractivity contribution in [3.8, 4) is 22.8 Å². The molecule has 6 nitrogen and oxygen atoms in total. The van der Waals surface area contributed by atoms with Gasteiger partial charge in [-0.05, 0) is 24.1 Å². The fourth-order valence-corrected chi connectivity index (χ4v) is 2.47. The molecule has 122 valence electrons. The van der Waals surface area contributed by atoms with E-state index in [2.05, 4.69) is 24.3 Å². The first-order chi connectivity index (χ1) is 11.2. The molecule has 0 radical (unpaired) electrons. The summed E-state index contributed by atoms with van der Waals surface area (Å²) in [5.41, 5.74) is 1.07. The van der Waals surface area contributed by atoms with Crippen molar-refractivity contribution < 1.29 is 18.8 Å². The monoisotopic (exact) mass is 316 g/mol. The molecule has 23 heavy (non-hydrogen) atoms. The molecular weight excluding hydrogens is 296 g/mol. The first-order valence-corrected chi connectivity index (χ1v) is 7.86. The van der Waals surface area contributed by atoms with Crippen LogP contribution in [0.3, 0.4) is 0 Å². The van der Waals surface area contributed by atoms with Crippen LogP contribution < -0.4 is 14.8 Å². The molecule has 0 bridgehead atoms. The molecule has 2 heterocycles. The highest BCUT2D eigenvalue weighted by Crippen LogP contribution is 2.35. The SMILES string of the molecule is CCC(CC)CNC(=O)c1cc(-c2ccc3c(c2)OCO3)on1. The average molecular weight is 316 g/mol. The van der Waals surface area contributed by atoms with Crippen molar-refractivity contribution in [1.29, 1.82) is 0 Å². The molecule has 0 spiro atoms. The lowest BCUT2D eigenvalue weighted by Gasteiger charge is -2.11. The number of nitrogens with zero attached hydrogens (tertiary/aromatic N) is 1. The van der Waals surface area contributed by atoms with Crippen molar-refractivity contribution >= 4 is 5.91 Å². The average Bonchev–Trinajstić information content (AvgIpc) is 3.24. The van der Waals surface area contributed by atoms with Gasteiger partial charge in [0.05, 0.1) is 0 Å². The van der Waals surface area contributed by atoms with E-state index in [0.29, 0.717) is 29.7 Å². The van der Waals surface area contributed by atoms with Crippen molar-refractivity contribution in [2.75, 3.05) is 13.3 Å². The Kier molecular flexibility index (Phi) is 4.50. The summed E-state index contributed by atoms with van der Waals surface area (Å²) in [6.07, 6.45) is 2.08. The van der Waals surface area contributed by atoms with Crippen molar-refractivity contribution in [3.63, 3.8) is 0 Å². The number of ether oxygens (including phenoxy) is 2. The fourth-order valence-electron chi connectivity index (χ4n) is 2.47. The van der Waals surface area contributed by atoms with Gasteiger partial charge in [-0.15, -0.1) is 0 Å². The van der Waals surface area contributed by atoms with Crippen LogP contribution in [0.2, 0.25) is 0 Å². The number of fused-ring (bicyclic) bond motifs is 1. The Hall–Kier alpha value is -2.50. The number of hydrogen-bond acceptors (Lipinski definition) is 5. The van der Waals surface area contributed by atoms with E-state index < -0.39 is 0 Å². The van der Waals surface area contributed by atoms with Crippen LogP contribution >= 0.6 is 0 Å². The zero-order valence-electron chi connectivity index (χ0n) is 13.3. The molecule has 1 aromatic carbocycles. The van der Waals surface area contributed by atoms with Crippen LogP contribution in [0, 0.1) is 5.92 Å². The maximum atomic E-state index is 12.1. The predicted octanol–water partition coefficient (Wildman–Crippen LogP) is 3.24. The topological polar surface area (TPSA) is 73.6 Å². The van der Waals surface area contributed by atoms with Crippen molar-refractivity contribution in [2.24, 2.45) is 5.92 Å². The largest absolute Gasteiger partial charge is 0.454 e. The molecule has 1 aliphatic rings. The Morgan fingerprint density at radius 2 is 2.00 bits per heavy atom. The van der Waals surface area contributed by atoms with Crippen LogP contribution in [-0.4, -0.2) is 24.4 Å². The maximum Gasteiger partial charge on any atom is 0.273 e. The van der Waals surface area contributed by atoms with Gasteiger partial charge in [-0.25, -0.2) is 0 Å². The molecule has 6 heteroatoms. The molecule has 2 aromatic rings. The zero-order valence-corrected chi connectivity index (χ0v) is 13.3. The fraction of sp³-hybridized carbons (Fsp3) is 0.412. The van der Waals surface area contributed by atoms with Gasteiger partial charge in [0.1, 0.15) is 0 Å². The third-order valence-electron chi connectivity index (χ3n) is 4.11. The van der Waals surface area contributed by atoms with E-state index in [1.807, 2.05) is 18.2 Å². The number of nitrogens with one attached hydrogen (secondary N) is 1. The van der Waals surface area contributed by atoms with Gasteiger partial charge in [-0.2, -0.15) is 0 Å². The predicted molar refractivity (Wildman–Crippen MR) is 84.5 cm³/mol. The number of carbonyl (C=O) groups is 1. The summed E-state index contributed by atoms with van der Waals surface area (Å²) in [7, 11) is 0. The first kappa shape index (κ1) is 15.4. The lowest BCUT2D eigenvalue weighted by atomic mass is 10.0. The van der Waals surface area contributed by atoms with Gasteiger partial charge in [0.15, 0.2) is 23.0 Å². The number of hydrogen-bond donors (Lipinski definition) is 1. The molecule has 0 saturated heterocycles. The second kappa shape index (κ2) is 6.73. The summed E-state index contributed by atoms with van der Waals surface area (Å²) in [5.74, 6) is 2.16. The van der Waals surface area contributed by atoms with E-state index in [0.717, 1.165) is 18.4 Å². The van der Waals surface area contributed by atoms with Crippen molar-refractivity contribution in [3.05, 3.63) is 30.0 Å². The molecule has 0 saturated carbocycles. The van der Waals surface area contributed by atoms with Gasteiger partial charge in [0.25, 0.3) is 5.91 Å². The highest BCUT2D eigenvalue weighted by molar-refractivity contribution is 5.93. The van der Waals surface area contributed by atoms with Crippen LogP contribution in [0.15, 0.2) is 28.8 Å². The lowest BCUT2D eigenvalue weighted by Crippen LogP contribution is -2.29. The van der Waals surface area contributed by atoms with E-state index in [1.165, 1.54) is 0 Å². The van der Waals surface area contributed by atoms with Crippen LogP contribution in [0.5, 0.6) is 11.5 Å². The van der Waals surface area contributed by atoms with E-state index in [1.54, 1.807) is 6.07 Å². The Morgan fingerprint density at radius 3 is 2.78 bits per heavy atom. The highest BCUT2D eigenvalue weighted by Gasteiger charge is 2.18. The van der Waals surface area contributed by atoms with Gasteiger partial charge in [-0.1, -0.05) is 31.8 Å². The standard InChI is InChI=1S/C17H20N2O4/c1-3-11(4-2)9-18-17(20)13-8-15(23-19-13)12-5-6-14-16(7-12)22-10-21-14/h5-8,11H,3-4,9-10H2,1-2H3,(H,18,20). The lowest BCUT2D eigenvalue weighted by molar-refractivity contribution is 0.0937. The molecule has 1 amide bonds. The third kappa shape index (κ3) is 3.31. The summed E-state index contributed by atoms with van der Waals surface area (Å²) in [5, 5.41) is 6.76. The Bertz CT molecular complexity index is 692. The number of amides is 1. The number of benzene rings is 1. The van der Waals surface area contributed by atoms with Gasteiger partial charge in [0, 0.05) is 18.2 Å². The molecule has 3 rings (SSSR count). The Labute approximate surface area is 134 Å². The molecular formula is C17H20N2O4. The normalized spacial score (nSPS) is 12.7. The third-order valence-corrected chi connectivity index (χ3v) is 4.11. The number of rotatable bonds is 6.